The SMILES string of the molecule is O=C(NNC(=O)c1ccc2c(c1)OCCO2)c1cccc(N2CCCC2=O)c1. The molecule has 1 fully saturated rings. The van der Waals surface area contributed by atoms with Crippen LogP contribution in [0.15, 0.2) is 42.5 Å². The number of ether oxygens (including phenoxy) is 2. The van der Waals surface area contributed by atoms with Crippen molar-refractivity contribution in [2.24, 2.45) is 0 Å². The Morgan fingerprint density at radius 2 is 1.61 bits per heavy atom. The Hall–Kier alpha value is -3.55. The Labute approximate surface area is 161 Å². The molecule has 1 saturated heterocycles. The molecule has 144 valence electrons. The summed E-state index contributed by atoms with van der Waals surface area (Å²) in [6, 6.07) is 11.6. The van der Waals surface area contributed by atoms with Crippen LogP contribution in [0.2, 0.25) is 0 Å². The summed E-state index contributed by atoms with van der Waals surface area (Å²) in [4.78, 5) is 38.2. The average Bonchev–Trinajstić information content (AvgIpc) is 3.17. The van der Waals surface area contributed by atoms with Crippen molar-refractivity contribution in [2.45, 2.75) is 12.8 Å². The van der Waals surface area contributed by atoms with Crippen LogP contribution in [0.4, 0.5) is 5.69 Å². The Balaban J connectivity index is 1.40. The van der Waals surface area contributed by atoms with Crippen molar-refractivity contribution < 1.29 is 23.9 Å². The molecule has 0 spiro atoms. The molecule has 0 bridgehead atoms. The van der Waals surface area contributed by atoms with Gasteiger partial charge < -0.3 is 14.4 Å². The van der Waals surface area contributed by atoms with Gasteiger partial charge >= 0.3 is 0 Å². The maximum absolute atomic E-state index is 12.4. The number of carbonyl (C=O) groups excluding carboxylic acids is 3. The summed E-state index contributed by atoms with van der Waals surface area (Å²) in [5, 5.41) is 0. The van der Waals surface area contributed by atoms with Gasteiger partial charge in [0.2, 0.25) is 5.91 Å². The summed E-state index contributed by atoms with van der Waals surface area (Å²) in [6.07, 6.45) is 1.32. The highest BCUT2D eigenvalue weighted by Crippen LogP contribution is 2.30. The second-order valence-corrected chi connectivity index (χ2v) is 6.47. The second kappa shape index (κ2) is 7.59. The Morgan fingerprint density at radius 3 is 2.32 bits per heavy atom. The fourth-order valence-electron chi connectivity index (χ4n) is 3.18. The quantitative estimate of drug-likeness (QED) is 0.788. The molecule has 0 aliphatic carbocycles. The first-order chi connectivity index (χ1) is 13.6. The molecule has 2 aliphatic rings. The van der Waals surface area contributed by atoms with Gasteiger partial charge in [0.25, 0.3) is 11.8 Å². The van der Waals surface area contributed by atoms with Crippen molar-refractivity contribution in [3.63, 3.8) is 0 Å². The number of hydrogen-bond donors (Lipinski definition) is 2. The van der Waals surface area contributed by atoms with E-state index in [-0.39, 0.29) is 5.91 Å². The smallest absolute Gasteiger partial charge is 0.269 e. The fourth-order valence-corrected chi connectivity index (χ4v) is 3.18. The summed E-state index contributed by atoms with van der Waals surface area (Å²) in [5.41, 5.74) is 6.13. The summed E-state index contributed by atoms with van der Waals surface area (Å²) in [6.45, 7) is 1.53. The normalized spacial score (nSPS) is 15.3. The predicted octanol–water partition coefficient (Wildman–Crippen LogP) is 1.66. The lowest BCUT2D eigenvalue weighted by Crippen LogP contribution is -2.41. The van der Waals surface area contributed by atoms with Crippen molar-refractivity contribution in [3.05, 3.63) is 53.6 Å². The number of fused-ring (bicyclic) bond motifs is 1. The lowest BCUT2D eigenvalue weighted by Gasteiger charge is -2.18. The van der Waals surface area contributed by atoms with Crippen LogP contribution < -0.4 is 25.2 Å². The minimum atomic E-state index is -0.476. The lowest BCUT2D eigenvalue weighted by molar-refractivity contribution is -0.117. The molecule has 8 heteroatoms. The van der Waals surface area contributed by atoms with E-state index >= 15 is 0 Å². The molecular formula is C20H19N3O5. The topological polar surface area (TPSA) is 97.0 Å². The number of carbonyl (C=O) groups is 3. The van der Waals surface area contributed by atoms with Gasteiger partial charge in [0, 0.05) is 29.8 Å². The van der Waals surface area contributed by atoms with Crippen LogP contribution in [-0.4, -0.2) is 37.5 Å². The molecule has 2 aromatic carbocycles. The van der Waals surface area contributed by atoms with Crippen LogP contribution in [0.1, 0.15) is 33.6 Å². The monoisotopic (exact) mass is 381 g/mol. The van der Waals surface area contributed by atoms with E-state index < -0.39 is 11.8 Å². The van der Waals surface area contributed by atoms with Crippen LogP contribution in [0.5, 0.6) is 11.5 Å². The van der Waals surface area contributed by atoms with Crippen LogP contribution in [-0.2, 0) is 4.79 Å². The number of nitrogens with one attached hydrogen (secondary N) is 2. The molecule has 0 radical (unpaired) electrons. The molecule has 0 unspecified atom stereocenters. The van der Waals surface area contributed by atoms with Gasteiger partial charge in [-0.2, -0.15) is 0 Å². The first-order valence-corrected chi connectivity index (χ1v) is 9.02. The zero-order valence-corrected chi connectivity index (χ0v) is 15.1. The van der Waals surface area contributed by atoms with Crippen molar-refractivity contribution in [2.75, 3.05) is 24.7 Å². The van der Waals surface area contributed by atoms with Gasteiger partial charge in [0.15, 0.2) is 11.5 Å². The van der Waals surface area contributed by atoms with E-state index in [4.69, 9.17) is 9.47 Å². The molecular weight excluding hydrogens is 362 g/mol. The van der Waals surface area contributed by atoms with Crippen molar-refractivity contribution in [3.8, 4) is 11.5 Å². The lowest BCUT2D eigenvalue weighted by atomic mass is 10.1. The molecule has 4 rings (SSSR count). The van der Waals surface area contributed by atoms with Crippen molar-refractivity contribution in [1.29, 1.82) is 0 Å². The molecule has 2 aliphatic heterocycles. The molecule has 8 nitrogen and oxygen atoms in total. The van der Waals surface area contributed by atoms with Crippen LogP contribution in [0.3, 0.4) is 0 Å². The van der Waals surface area contributed by atoms with E-state index in [0.29, 0.717) is 54.5 Å². The van der Waals surface area contributed by atoms with Gasteiger partial charge in [-0.15, -0.1) is 0 Å². The summed E-state index contributed by atoms with van der Waals surface area (Å²) >= 11 is 0. The minimum absolute atomic E-state index is 0.0458. The number of anilines is 1. The third-order valence-electron chi connectivity index (χ3n) is 4.59. The number of hydrazine groups is 1. The number of rotatable bonds is 3. The van der Waals surface area contributed by atoms with E-state index in [1.807, 2.05) is 0 Å². The molecule has 3 amide bonds. The zero-order valence-electron chi connectivity index (χ0n) is 15.1. The maximum atomic E-state index is 12.4. The Bertz CT molecular complexity index is 943. The Morgan fingerprint density at radius 1 is 0.893 bits per heavy atom. The van der Waals surface area contributed by atoms with Crippen molar-refractivity contribution >= 4 is 23.4 Å². The van der Waals surface area contributed by atoms with Crippen LogP contribution in [0, 0.1) is 0 Å². The van der Waals surface area contributed by atoms with Crippen LogP contribution >= 0.6 is 0 Å². The van der Waals surface area contributed by atoms with E-state index in [1.165, 1.54) is 0 Å². The molecule has 2 heterocycles. The molecule has 0 saturated carbocycles. The zero-order chi connectivity index (χ0) is 19.5. The number of amides is 3. The minimum Gasteiger partial charge on any atom is -0.486 e. The highest BCUT2D eigenvalue weighted by molar-refractivity contribution is 6.01. The van der Waals surface area contributed by atoms with E-state index in [1.54, 1.807) is 47.4 Å². The van der Waals surface area contributed by atoms with Crippen LogP contribution in [0.25, 0.3) is 0 Å². The van der Waals surface area contributed by atoms with Gasteiger partial charge in [-0.05, 0) is 42.8 Å². The van der Waals surface area contributed by atoms with Gasteiger partial charge in [0.05, 0.1) is 0 Å². The second-order valence-electron chi connectivity index (χ2n) is 6.47. The molecule has 2 N–H and O–H groups in total. The molecule has 28 heavy (non-hydrogen) atoms. The number of benzene rings is 2. The highest BCUT2D eigenvalue weighted by atomic mass is 16.6. The predicted molar refractivity (Wildman–Crippen MR) is 100 cm³/mol. The summed E-state index contributed by atoms with van der Waals surface area (Å²) in [7, 11) is 0. The third-order valence-corrected chi connectivity index (χ3v) is 4.59. The average molecular weight is 381 g/mol. The van der Waals surface area contributed by atoms with E-state index in [9.17, 15) is 14.4 Å². The standard InChI is InChI=1S/C20H19N3O5/c24-18-5-2-8-23(18)15-4-1-3-13(11-15)19(25)21-22-20(26)14-6-7-16-17(12-14)28-10-9-27-16/h1,3-4,6-7,11-12H,2,5,8-10H2,(H,21,25)(H,22,26). The Kier molecular flexibility index (Phi) is 4.84. The summed E-state index contributed by atoms with van der Waals surface area (Å²) < 4.78 is 10.9. The van der Waals surface area contributed by atoms with Gasteiger partial charge in [0.1, 0.15) is 13.2 Å². The first kappa shape index (κ1) is 17.8. The highest BCUT2D eigenvalue weighted by Gasteiger charge is 2.22. The first-order valence-electron chi connectivity index (χ1n) is 9.02. The number of hydrogen-bond acceptors (Lipinski definition) is 5. The van der Waals surface area contributed by atoms with E-state index in [2.05, 4.69) is 10.9 Å². The van der Waals surface area contributed by atoms with Gasteiger partial charge in [-0.25, -0.2) is 0 Å². The number of nitrogens with zero attached hydrogens (tertiary/aromatic N) is 1. The molecule has 0 atom stereocenters. The fraction of sp³-hybridized carbons (Fsp3) is 0.250. The van der Waals surface area contributed by atoms with Crippen molar-refractivity contribution in [1.82, 2.24) is 10.9 Å². The molecule has 0 aromatic heterocycles. The van der Waals surface area contributed by atoms with Gasteiger partial charge in [-0.1, -0.05) is 6.07 Å². The largest absolute Gasteiger partial charge is 0.486 e. The molecule has 2 aromatic rings. The maximum Gasteiger partial charge on any atom is 0.269 e. The van der Waals surface area contributed by atoms with E-state index in [0.717, 1.165) is 6.42 Å². The third kappa shape index (κ3) is 3.62. The van der Waals surface area contributed by atoms with Gasteiger partial charge in [-0.3, -0.25) is 25.2 Å². The summed E-state index contributed by atoms with van der Waals surface area (Å²) in [5.74, 6) is 0.174.